The summed E-state index contributed by atoms with van der Waals surface area (Å²) in [5, 5.41) is 10.2. The van der Waals surface area contributed by atoms with E-state index in [1.807, 2.05) is 61.5 Å². The van der Waals surface area contributed by atoms with E-state index >= 15 is 0 Å². The van der Waals surface area contributed by atoms with Crippen LogP contribution in [0.25, 0.3) is 33.2 Å². The summed E-state index contributed by atoms with van der Waals surface area (Å²) >= 11 is 0. The minimum Gasteiger partial charge on any atom is -0.481 e. The fourth-order valence-electron chi connectivity index (χ4n) is 3.61. The molecule has 154 valence electrons. The Balaban J connectivity index is 1.48. The van der Waals surface area contributed by atoms with E-state index < -0.39 is 0 Å². The molecule has 8 nitrogen and oxygen atoms in total. The summed E-state index contributed by atoms with van der Waals surface area (Å²) in [5.74, 6) is 0.379. The zero-order valence-electron chi connectivity index (χ0n) is 17.0. The molecular weight excluding hydrogens is 392 g/mol. The second kappa shape index (κ2) is 7.56. The Hall–Kier alpha value is -4.20. The summed E-state index contributed by atoms with van der Waals surface area (Å²) in [6.07, 6.45) is 1.69. The highest BCUT2D eigenvalue weighted by molar-refractivity contribution is 6.02. The van der Waals surface area contributed by atoms with Gasteiger partial charge in [0.25, 0.3) is 5.91 Å². The van der Waals surface area contributed by atoms with Gasteiger partial charge in [0, 0.05) is 23.2 Å². The number of methoxy groups -OCH3 is 1. The molecule has 0 aliphatic rings. The first-order valence-electron chi connectivity index (χ1n) is 9.86. The van der Waals surface area contributed by atoms with Crippen LogP contribution in [-0.2, 0) is 0 Å². The molecule has 31 heavy (non-hydrogen) atoms. The molecule has 0 fully saturated rings. The lowest BCUT2D eigenvalue weighted by molar-refractivity contribution is 0.0930. The topological polar surface area (TPSA) is 109 Å². The lowest BCUT2D eigenvalue weighted by Crippen LogP contribution is -2.27. The summed E-state index contributed by atoms with van der Waals surface area (Å²) in [6, 6.07) is 17.2. The van der Waals surface area contributed by atoms with Gasteiger partial charge in [-0.3, -0.25) is 9.89 Å². The van der Waals surface area contributed by atoms with Gasteiger partial charge >= 0.3 is 0 Å². The van der Waals surface area contributed by atoms with Crippen molar-refractivity contribution in [1.82, 2.24) is 30.5 Å². The lowest BCUT2D eigenvalue weighted by Gasteiger charge is -2.12. The number of fused-ring (bicyclic) bond motifs is 2. The highest BCUT2D eigenvalue weighted by Crippen LogP contribution is 2.30. The van der Waals surface area contributed by atoms with E-state index in [9.17, 15) is 4.79 Å². The van der Waals surface area contributed by atoms with Crippen LogP contribution in [0, 0.1) is 0 Å². The SMILES string of the molecule is COc1cc(-c2[nH][nH]c3cc4nc(C(=O)NC(C)c5ccccc5)nc4cc23)ccn1. The second-order valence-electron chi connectivity index (χ2n) is 7.25. The van der Waals surface area contributed by atoms with E-state index in [-0.39, 0.29) is 17.8 Å². The van der Waals surface area contributed by atoms with Crippen molar-refractivity contribution in [2.24, 2.45) is 0 Å². The first-order chi connectivity index (χ1) is 15.1. The molecule has 0 aliphatic heterocycles. The summed E-state index contributed by atoms with van der Waals surface area (Å²) in [6.45, 7) is 1.93. The van der Waals surface area contributed by atoms with Crippen LogP contribution >= 0.6 is 0 Å². The van der Waals surface area contributed by atoms with Crippen LogP contribution in [0.15, 0.2) is 60.8 Å². The molecule has 5 rings (SSSR count). The van der Waals surface area contributed by atoms with Crippen molar-refractivity contribution >= 4 is 27.8 Å². The smallest absolute Gasteiger partial charge is 0.289 e. The van der Waals surface area contributed by atoms with Gasteiger partial charge < -0.3 is 15.2 Å². The van der Waals surface area contributed by atoms with Gasteiger partial charge in [-0.2, -0.15) is 0 Å². The molecule has 1 unspecified atom stereocenters. The molecule has 2 aromatic carbocycles. The van der Waals surface area contributed by atoms with Crippen molar-refractivity contribution in [3.05, 3.63) is 72.2 Å². The van der Waals surface area contributed by atoms with Crippen molar-refractivity contribution < 1.29 is 9.53 Å². The quantitative estimate of drug-likeness (QED) is 0.404. The zero-order chi connectivity index (χ0) is 21.4. The zero-order valence-corrected chi connectivity index (χ0v) is 17.0. The van der Waals surface area contributed by atoms with Gasteiger partial charge in [-0.15, -0.1) is 0 Å². The molecule has 0 bridgehead atoms. The number of rotatable bonds is 5. The summed E-state index contributed by atoms with van der Waals surface area (Å²) < 4.78 is 5.23. The van der Waals surface area contributed by atoms with Crippen LogP contribution in [0.1, 0.15) is 29.1 Å². The Morgan fingerprint density at radius 1 is 1.03 bits per heavy atom. The van der Waals surface area contributed by atoms with E-state index in [0.717, 1.165) is 27.7 Å². The second-order valence-corrected chi connectivity index (χ2v) is 7.25. The average molecular weight is 412 g/mol. The Bertz CT molecular complexity index is 1390. The number of ether oxygens (including phenoxy) is 1. The number of hydrogen-bond acceptors (Lipinski definition) is 5. The van der Waals surface area contributed by atoms with E-state index in [2.05, 4.69) is 30.5 Å². The van der Waals surface area contributed by atoms with E-state index in [4.69, 9.17) is 4.74 Å². The fourth-order valence-corrected chi connectivity index (χ4v) is 3.61. The predicted molar refractivity (Wildman–Crippen MR) is 118 cm³/mol. The van der Waals surface area contributed by atoms with Crippen molar-refractivity contribution in [2.75, 3.05) is 7.11 Å². The van der Waals surface area contributed by atoms with E-state index in [1.54, 1.807) is 13.3 Å². The maximum Gasteiger partial charge on any atom is 0.289 e. The molecule has 1 amide bonds. The highest BCUT2D eigenvalue weighted by atomic mass is 16.5. The molecule has 0 spiro atoms. The standard InChI is InChI=1S/C23H20N6O2/c1-13(14-6-4-3-5-7-14)25-23(30)22-26-18-11-16-17(12-19(18)27-22)28-29-21(16)15-8-9-24-20(10-15)31-2/h3-13,28-29H,1-2H3,(H,25,30). The fraction of sp³-hybridized carbons (Fsp3) is 0.130. The number of benzene rings is 2. The molecule has 8 heteroatoms. The van der Waals surface area contributed by atoms with Gasteiger partial charge in [0.2, 0.25) is 11.7 Å². The third-order valence-electron chi connectivity index (χ3n) is 5.24. The Morgan fingerprint density at radius 3 is 2.58 bits per heavy atom. The van der Waals surface area contributed by atoms with Crippen LogP contribution in [-0.4, -0.2) is 38.2 Å². The Kier molecular flexibility index (Phi) is 4.59. The van der Waals surface area contributed by atoms with Gasteiger partial charge in [-0.05, 0) is 30.7 Å². The summed E-state index contributed by atoms with van der Waals surface area (Å²) in [5.41, 5.74) is 4.99. The molecule has 3 heterocycles. The third kappa shape index (κ3) is 3.48. The molecule has 0 saturated carbocycles. The predicted octanol–water partition coefficient (Wildman–Crippen LogP) is 4.00. The molecule has 0 aliphatic carbocycles. The molecule has 5 aromatic rings. The number of aromatic amines is 2. The van der Waals surface area contributed by atoms with Gasteiger partial charge in [-0.25, -0.2) is 15.0 Å². The van der Waals surface area contributed by atoms with Crippen molar-refractivity contribution in [2.45, 2.75) is 13.0 Å². The van der Waals surface area contributed by atoms with Gasteiger partial charge in [0.05, 0.1) is 35.4 Å². The van der Waals surface area contributed by atoms with E-state index in [1.165, 1.54) is 0 Å². The summed E-state index contributed by atoms with van der Waals surface area (Å²) in [7, 11) is 1.58. The van der Waals surface area contributed by atoms with Crippen LogP contribution in [0.3, 0.4) is 0 Å². The third-order valence-corrected chi connectivity index (χ3v) is 5.24. The number of carbonyl (C=O) groups excluding carboxylic acids is 1. The van der Waals surface area contributed by atoms with Crippen LogP contribution in [0.5, 0.6) is 5.88 Å². The Labute approximate surface area is 177 Å². The average Bonchev–Trinajstić information content (AvgIpc) is 3.41. The first kappa shape index (κ1) is 18.8. The van der Waals surface area contributed by atoms with Crippen molar-refractivity contribution in [1.29, 1.82) is 0 Å². The number of imidazole rings is 1. The maximum absolute atomic E-state index is 12.7. The number of carbonyl (C=O) groups is 1. The number of nitrogens with one attached hydrogen (secondary N) is 3. The largest absolute Gasteiger partial charge is 0.481 e. The Morgan fingerprint density at radius 2 is 1.81 bits per heavy atom. The van der Waals surface area contributed by atoms with Gasteiger partial charge in [-0.1, -0.05) is 30.3 Å². The number of H-pyrrole nitrogens is 2. The molecule has 0 radical (unpaired) electrons. The van der Waals surface area contributed by atoms with E-state index in [0.29, 0.717) is 16.9 Å². The van der Waals surface area contributed by atoms with Crippen molar-refractivity contribution in [3.8, 4) is 17.1 Å². The normalized spacial score (nSPS) is 12.2. The van der Waals surface area contributed by atoms with Gasteiger partial charge in [0.15, 0.2) is 0 Å². The summed E-state index contributed by atoms with van der Waals surface area (Å²) in [4.78, 5) is 25.8. The highest BCUT2D eigenvalue weighted by Gasteiger charge is 2.18. The minimum atomic E-state index is -0.304. The number of hydrogen-bond donors (Lipinski definition) is 3. The molecule has 0 saturated heterocycles. The molecular formula is C23H20N6O2. The van der Waals surface area contributed by atoms with Crippen LogP contribution < -0.4 is 10.1 Å². The monoisotopic (exact) mass is 412 g/mol. The van der Waals surface area contributed by atoms with Crippen LogP contribution in [0.2, 0.25) is 0 Å². The number of aromatic nitrogens is 5. The maximum atomic E-state index is 12.7. The number of nitrogens with zero attached hydrogens (tertiary/aromatic N) is 3. The molecule has 3 N–H and O–H groups in total. The minimum absolute atomic E-state index is 0.146. The lowest BCUT2D eigenvalue weighted by atomic mass is 10.1. The molecule has 3 aromatic heterocycles. The molecule has 1 atom stereocenters. The van der Waals surface area contributed by atoms with Crippen molar-refractivity contribution in [3.63, 3.8) is 0 Å². The van der Waals surface area contributed by atoms with Crippen LogP contribution in [0.4, 0.5) is 0 Å². The van der Waals surface area contributed by atoms with Gasteiger partial charge in [0.1, 0.15) is 0 Å². The first-order valence-corrected chi connectivity index (χ1v) is 9.86. The number of amides is 1. The number of pyridine rings is 1.